The van der Waals surface area contributed by atoms with Gasteiger partial charge in [-0.2, -0.15) is 26.3 Å². The van der Waals surface area contributed by atoms with Crippen LogP contribution in [0.2, 0.25) is 0 Å². The number of aryl methyl sites for hydroxylation is 2. The van der Waals surface area contributed by atoms with Gasteiger partial charge in [-0.25, -0.2) is 4.79 Å². The Morgan fingerprint density at radius 3 is 2.21 bits per heavy atom. The lowest BCUT2D eigenvalue weighted by molar-refractivity contribution is -0.308. The van der Waals surface area contributed by atoms with Crippen LogP contribution in [0.25, 0.3) is 11.1 Å². The van der Waals surface area contributed by atoms with Crippen molar-refractivity contribution in [3.63, 3.8) is 0 Å². The SMILES string of the molecule is Cc1cc(-c2cccnc2C)ccc1CN1CCN(C(=O)OC(C(F)(F)F)C(F)(F)F)CC1. The fraction of sp³-hybridized carbons (Fsp3) is 0.455. The maximum atomic E-state index is 12.6. The second kappa shape index (κ2) is 9.58. The Labute approximate surface area is 187 Å². The van der Waals surface area contributed by atoms with E-state index >= 15 is 0 Å². The van der Waals surface area contributed by atoms with Gasteiger partial charge >= 0.3 is 18.4 Å². The molecule has 1 saturated heterocycles. The van der Waals surface area contributed by atoms with Gasteiger partial charge in [0.2, 0.25) is 0 Å². The normalized spacial score (nSPS) is 15.7. The molecule has 0 bridgehead atoms. The van der Waals surface area contributed by atoms with Crippen LogP contribution in [-0.2, 0) is 11.3 Å². The molecule has 1 aliphatic rings. The molecule has 0 spiro atoms. The number of aromatic nitrogens is 1. The second-order valence-corrected chi connectivity index (χ2v) is 7.89. The van der Waals surface area contributed by atoms with Crippen LogP contribution in [-0.4, -0.2) is 65.5 Å². The zero-order valence-electron chi connectivity index (χ0n) is 18.0. The summed E-state index contributed by atoms with van der Waals surface area (Å²) in [7, 11) is 0. The van der Waals surface area contributed by atoms with Crippen molar-refractivity contribution in [2.24, 2.45) is 0 Å². The maximum Gasteiger partial charge on any atom is 0.434 e. The molecule has 3 rings (SSSR count). The number of piperazine rings is 1. The number of rotatable bonds is 4. The number of nitrogens with zero attached hydrogens (tertiary/aromatic N) is 3. The van der Waals surface area contributed by atoms with Crippen LogP contribution < -0.4 is 0 Å². The molecule has 180 valence electrons. The summed E-state index contributed by atoms with van der Waals surface area (Å²) >= 11 is 0. The van der Waals surface area contributed by atoms with Crippen LogP contribution in [0.3, 0.4) is 0 Å². The number of halogens is 6. The van der Waals surface area contributed by atoms with E-state index in [1.54, 1.807) is 6.20 Å². The minimum atomic E-state index is -5.73. The fourth-order valence-corrected chi connectivity index (χ4v) is 3.65. The van der Waals surface area contributed by atoms with E-state index in [0.29, 0.717) is 19.6 Å². The van der Waals surface area contributed by atoms with E-state index in [-0.39, 0.29) is 13.1 Å². The topological polar surface area (TPSA) is 45.7 Å². The average molecular weight is 475 g/mol. The number of pyridine rings is 1. The molecule has 0 saturated carbocycles. The van der Waals surface area contributed by atoms with E-state index in [4.69, 9.17) is 0 Å². The lowest BCUT2D eigenvalue weighted by Crippen LogP contribution is -2.52. The molecule has 0 aliphatic carbocycles. The van der Waals surface area contributed by atoms with Crippen molar-refractivity contribution < 1.29 is 35.9 Å². The molecule has 11 heteroatoms. The number of benzene rings is 1. The largest absolute Gasteiger partial charge is 0.434 e. The molecule has 0 radical (unpaired) electrons. The van der Waals surface area contributed by atoms with Crippen LogP contribution in [0.15, 0.2) is 36.5 Å². The first-order valence-corrected chi connectivity index (χ1v) is 10.2. The molecule has 5 nitrogen and oxygen atoms in total. The van der Waals surface area contributed by atoms with E-state index < -0.39 is 24.5 Å². The molecule has 2 aromatic rings. The molecule has 33 heavy (non-hydrogen) atoms. The van der Waals surface area contributed by atoms with Gasteiger partial charge in [-0.15, -0.1) is 0 Å². The van der Waals surface area contributed by atoms with Gasteiger partial charge in [0, 0.05) is 50.2 Å². The van der Waals surface area contributed by atoms with Crippen molar-refractivity contribution in [1.82, 2.24) is 14.8 Å². The number of ether oxygens (including phenoxy) is 1. The Bertz CT molecular complexity index is 971. The van der Waals surface area contributed by atoms with Crippen molar-refractivity contribution in [1.29, 1.82) is 0 Å². The Balaban J connectivity index is 1.58. The van der Waals surface area contributed by atoms with Crippen molar-refractivity contribution in [3.8, 4) is 11.1 Å². The number of hydrogen-bond donors (Lipinski definition) is 0. The summed E-state index contributed by atoms with van der Waals surface area (Å²) in [4.78, 5) is 19.0. The summed E-state index contributed by atoms with van der Waals surface area (Å²) in [5.41, 5.74) is 5.03. The highest BCUT2D eigenvalue weighted by Crippen LogP contribution is 2.36. The first-order chi connectivity index (χ1) is 15.4. The highest BCUT2D eigenvalue weighted by atomic mass is 19.4. The van der Waals surface area contributed by atoms with Gasteiger partial charge < -0.3 is 9.64 Å². The van der Waals surface area contributed by atoms with Crippen molar-refractivity contribution in [2.45, 2.75) is 38.8 Å². The molecule has 0 unspecified atom stereocenters. The Morgan fingerprint density at radius 2 is 1.67 bits per heavy atom. The zero-order chi connectivity index (χ0) is 24.4. The monoisotopic (exact) mass is 475 g/mol. The summed E-state index contributed by atoms with van der Waals surface area (Å²) in [6, 6.07) is 9.85. The summed E-state index contributed by atoms with van der Waals surface area (Å²) in [5, 5.41) is 0. The summed E-state index contributed by atoms with van der Waals surface area (Å²) in [6.45, 7) is 4.94. The van der Waals surface area contributed by atoms with Crippen LogP contribution in [0, 0.1) is 13.8 Å². The Kier molecular flexibility index (Phi) is 7.20. The maximum absolute atomic E-state index is 12.6. The smallest absolute Gasteiger partial charge is 0.426 e. The molecular weight excluding hydrogens is 452 g/mol. The van der Waals surface area contributed by atoms with E-state index in [2.05, 4.69) is 9.72 Å². The number of carbonyl (C=O) groups excluding carboxylic acids is 1. The number of hydrogen-bond acceptors (Lipinski definition) is 4. The van der Waals surface area contributed by atoms with E-state index in [0.717, 1.165) is 32.8 Å². The summed E-state index contributed by atoms with van der Waals surface area (Å²) < 4.78 is 79.5. The number of amides is 1. The van der Waals surface area contributed by atoms with Gasteiger partial charge in [-0.1, -0.05) is 24.3 Å². The highest BCUT2D eigenvalue weighted by Gasteiger charge is 2.60. The standard InChI is InChI=1S/C22H23F6N3O2/c1-14-12-16(18-4-3-7-29-15(18)2)5-6-17(14)13-30-8-10-31(11-9-30)20(32)33-19(21(23,24)25)22(26,27)28/h3-7,12,19H,8-11,13H2,1-2H3. The number of carbonyl (C=O) groups is 1. The lowest BCUT2D eigenvalue weighted by Gasteiger charge is -2.35. The Morgan fingerprint density at radius 1 is 1.03 bits per heavy atom. The van der Waals surface area contributed by atoms with Gasteiger partial charge in [-0.3, -0.25) is 9.88 Å². The Hall–Kier alpha value is -2.82. The predicted octanol–water partition coefficient (Wildman–Crippen LogP) is 5.11. The third-order valence-corrected chi connectivity index (χ3v) is 5.50. The minimum Gasteiger partial charge on any atom is -0.426 e. The molecule has 1 aromatic heterocycles. The molecule has 1 aromatic carbocycles. The van der Waals surface area contributed by atoms with Gasteiger partial charge in [0.25, 0.3) is 6.10 Å². The molecule has 1 fully saturated rings. The van der Waals surface area contributed by atoms with Crippen LogP contribution >= 0.6 is 0 Å². The first kappa shape index (κ1) is 24.8. The summed E-state index contributed by atoms with van der Waals surface area (Å²) in [5.74, 6) is 0. The second-order valence-electron chi connectivity index (χ2n) is 7.89. The van der Waals surface area contributed by atoms with Crippen LogP contribution in [0.1, 0.15) is 16.8 Å². The van der Waals surface area contributed by atoms with Crippen molar-refractivity contribution in [2.75, 3.05) is 26.2 Å². The third kappa shape index (κ3) is 6.16. The highest BCUT2D eigenvalue weighted by molar-refractivity contribution is 5.68. The molecule has 0 N–H and O–H groups in total. The van der Waals surface area contributed by atoms with Crippen LogP contribution in [0.4, 0.5) is 31.1 Å². The zero-order valence-corrected chi connectivity index (χ0v) is 18.0. The summed E-state index contributed by atoms with van der Waals surface area (Å²) in [6.07, 6.45) is -15.5. The van der Waals surface area contributed by atoms with Gasteiger partial charge in [0.05, 0.1) is 0 Å². The fourth-order valence-electron chi connectivity index (χ4n) is 3.65. The van der Waals surface area contributed by atoms with Crippen molar-refractivity contribution >= 4 is 6.09 Å². The van der Waals surface area contributed by atoms with Gasteiger partial charge in [0.1, 0.15) is 0 Å². The van der Waals surface area contributed by atoms with E-state index in [9.17, 15) is 31.1 Å². The van der Waals surface area contributed by atoms with E-state index in [1.165, 1.54) is 0 Å². The molecule has 0 atom stereocenters. The van der Waals surface area contributed by atoms with Gasteiger partial charge in [0.15, 0.2) is 0 Å². The average Bonchev–Trinajstić information content (AvgIpc) is 2.72. The first-order valence-electron chi connectivity index (χ1n) is 10.2. The predicted molar refractivity (Wildman–Crippen MR) is 108 cm³/mol. The quantitative estimate of drug-likeness (QED) is 0.577. The van der Waals surface area contributed by atoms with E-state index in [1.807, 2.05) is 49.1 Å². The lowest BCUT2D eigenvalue weighted by atomic mass is 9.98. The van der Waals surface area contributed by atoms with Crippen LogP contribution in [0.5, 0.6) is 0 Å². The number of alkyl halides is 6. The minimum absolute atomic E-state index is 0.0344. The van der Waals surface area contributed by atoms with Gasteiger partial charge in [-0.05, 0) is 36.6 Å². The molecule has 1 aliphatic heterocycles. The third-order valence-electron chi connectivity index (χ3n) is 5.50. The molecule has 1 amide bonds. The molecular formula is C22H23F6N3O2. The van der Waals surface area contributed by atoms with Crippen molar-refractivity contribution in [3.05, 3.63) is 53.3 Å². The molecule has 2 heterocycles.